The number of halogens is 1. The molecule has 1 N–H and O–H groups in total. The Morgan fingerprint density at radius 2 is 2.12 bits per heavy atom. The molecule has 0 aromatic heterocycles. The predicted octanol–water partition coefficient (Wildman–Crippen LogP) is 2.56. The van der Waals surface area contributed by atoms with Gasteiger partial charge in [-0.15, -0.1) is 0 Å². The van der Waals surface area contributed by atoms with E-state index < -0.39 is 0 Å². The summed E-state index contributed by atoms with van der Waals surface area (Å²) in [4.78, 5) is 12.2. The molecule has 0 spiro atoms. The molecular formula is C13H16BrNO. The minimum absolute atomic E-state index is 0.160. The van der Waals surface area contributed by atoms with Crippen molar-refractivity contribution in [2.24, 2.45) is 5.41 Å². The van der Waals surface area contributed by atoms with Gasteiger partial charge in [0.05, 0.1) is 0 Å². The van der Waals surface area contributed by atoms with Crippen LogP contribution in [0.3, 0.4) is 0 Å². The molecule has 0 saturated carbocycles. The molecule has 86 valence electrons. The molecule has 1 aliphatic heterocycles. The fraction of sp³-hybridized carbons (Fsp3) is 0.462. The van der Waals surface area contributed by atoms with Crippen molar-refractivity contribution in [2.75, 3.05) is 13.1 Å². The van der Waals surface area contributed by atoms with Gasteiger partial charge in [-0.2, -0.15) is 0 Å². The third-order valence-electron chi connectivity index (χ3n) is 3.32. The normalized spacial score (nSPS) is 24.6. The highest BCUT2D eigenvalue weighted by Crippen LogP contribution is 2.27. The Labute approximate surface area is 105 Å². The second-order valence-corrected chi connectivity index (χ2v) is 5.63. The Hall–Kier alpha value is -0.670. The van der Waals surface area contributed by atoms with E-state index in [4.69, 9.17) is 0 Å². The maximum Gasteiger partial charge on any atom is 0.144 e. The van der Waals surface area contributed by atoms with Crippen LogP contribution in [0, 0.1) is 5.41 Å². The van der Waals surface area contributed by atoms with Crippen LogP contribution >= 0.6 is 15.9 Å². The topological polar surface area (TPSA) is 29.1 Å². The zero-order chi connectivity index (χ0) is 11.6. The number of nitrogens with one attached hydrogen (secondary N) is 1. The van der Waals surface area contributed by atoms with Crippen molar-refractivity contribution in [1.29, 1.82) is 0 Å². The number of benzene rings is 1. The summed E-state index contributed by atoms with van der Waals surface area (Å²) in [7, 11) is 0. The van der Waals surface area contributed by atoms with Gasteiger partial charge in [0.1, 0.15) is 5.78 Å². The van der Waals surface area contributed by atoms with Crippen LogP contribution in [0.4, 0.5) is 0 Å². The first-order valence-corrected chi connectivity index (χ1v) is 6.38. The number of carbonyl (C=O) groups is 1. The molecule has 0 bridgehead atoms. The van der Waals surface area contributed by atoms with E-state index in [1.54, 1.807) is 0 Å². The van der Waals surface area contributed by atoms with E-state index >= 15 is 0 Å². The Balaban J connectivity index is 2.04. The number of Topliss-reactive ketones (excluding diaryl/α,β-unsaturated/α-hetero) is 1. The lowest BCUT2D eigenvalue weighted by molar-refractivity contribution is -0.126. The van der Waals surface area contributed by atoms with Gasteiger partial charge in [-0.3, -0.25) is 4.79 Å². The van der Waals surface area contributed by atoms with Crippen LogP contribution in [-0.4, -0.2) is 18.9 Å². The second-order valence-electron chi connectivity index (χ2n) is 4.71. The zero-order valence-electron chi connectivity index (χ0n) is 9.42. The fourth-order valence-corrected chi connectivity index (χ4v) is 2.32. The van der Waals surface area contributed by atoms with Gasteiger partial charge in [-0.1, -0.05) is 35.0 Å². The average Bonchev–Trinajstić information content (AvgIpc) is 2.70. The molecule has 1 atom stereocenters. The molecule has 16 heavy (non-hydrogen) atoms. The number of ketones is 1. The minimum atomic E-state index is -0.160. The maximum absolute atomic E-state index is 12.2. The lowest BCUT2D eigenvalue weighted by Crippen LogP contribution is -2.31. The van der Waals surface area contributed by atoms with Gasteiger partial charge in [0.15, 0.2) is 0 Å². The summed E-state index contributed by atoms with van der Waals surface area (Å²) in [5.74, 6) is 0.347. The third-order valence-corrected chi connectivity index (χ3v) is 3.85. The fourth-order valence-electron chi connectivity index (χ4n) is 2.06. The van der Waals surface area contributed by atoms with E-state index in [0.29, 0.717) is 12.2 Å². The summed E-state index contributed by atoms with van der Waals surface area (Å²) in [6.07, 6.45) is 1.51. The first-order valence-electron chi connectivity index (χ1n) is 5.59. The van der Waals surface area contributed by atoms with Crippen molar-refractivity contribution in [3.63, 3.8) is 0 Å². The third kappa shape index (κ3) is 2.53. The molecule has 2 rings (SSSR count). The quantitative estimate of drug-likeness (QED) is 0.923. The largest absolute Gasteiger partial charge is 0.316 e. The van der Waals surface area contributed by atoms with Crippen LogP contribution in [-0.2, 0) is 11.2 Å². The standard InChI is InChI=1S/C13H16BrNO/c1-13(6-7-15-9-13)12(16)8-10-2-4-11(14)5-3-10/h2-5,15H,6-9H2,1H3. The highest BCUT2D eigenvalue weighted by molar-refractivity contribution is 9.10. The maximum atomic E-state index is 12.2. The van der Waals surface area contributed by atoms with E-state index in [2.05, 4.69) is 28.2 Å². The second kappa shape index (κ2) is 4.68. The first-order chi connectivity index (χ1) is 7.60. The van der Waals surface area contributed by atoms with Crippen molar-refractivity contribution < 1.29 is 4.79 Å². The highest BCUT2D eigenvalue weighted by Gasteiger charge is 2.35. The number of hydrogen-bond donors (Lipinski definition) is 1. The lowest BCUT2D eigenvalue weighted by atomic mass is 9.82. The van der Waals surface area contributed by atoms with Gasteiger partial charge >= 0.3 is 0 Å². The Morgan fingerprint density at radius 3 is 2.69 bits per heavy atom. The van der Waals surface area contributed by atoms with Crippen LogP contribution in [0.2, 0.25) is 0 Å². The number of rotatable bonds is 3. The molecule has 1 heterocycles. The smallest absolute Gasteiger partial charge is 0.144 e. The summed E-state index contributed by atoms with van der Waals surface area (Å²) < 4.78 is 1.05. The van der Waals surface area contributed by atoms with Crippen LogP contribution in [0.5, 0.6) is 0 Å². The van der Waals surface area contributed by atoms with E-state index in [1.807, 2.05) is 24.3 Å². The van der Waals surface area contributed by atoms with Gasteiger partial charge in [0, 0.05) is 22.9 Å². The SMILES string of the molecule is CC1(C(=O)Cc2ccc(Br)cc2)CCNC1. The van der Waals surface area contributed by atoms with Crippen LogP contribution in [0.25, 0.3) is 0 Å². The molecule has 1 fully saturated rings. The van der Waals surface area contributed by atoms with Crippen LogP contribution in [0.1, 0.15) is 18.9 Å². The van der Waals surface area contributed by atoms with Crippen molar-refractivity contribution >= 4 is 21.7 Å². The van der Waals surface area contributed by atoms with E-state index in [1.165, 1.54) is 0 Å². The molecular weight excluding hydrogens is 266 g/mol. The van der Waals surface area contributed by atoms with Crippen molar-refractivity contribution in [1.82, 2.24) is 5.32 Å². The van der Waals surface area contributed by atoms with E-state index in [0.717, 1.165) is 29.5 Å². The Kier molecular flexibility index (Phi) is 3.45. The minimum Gasteiger partial charge on any atom is -0.316 e. The molecule has 1 unspecified atom stereocenters. The average molecular weight is 282 g/mol. The molecule has 1 aliphatic rings. The Bertz CT molecular complexity index is 379. The molecule has 0 aliphatic carbocycles. The lowest BCUT2D eigenvalue weighted by Gasteiger charge is -2.20. The number of carbonyl (C=O) groups excluding carboxylic acids is 1. The summed E-state index contributed by atoms with van der Waals surface area (Å²) in [5.41, 5.74) is 0.939. The molecule has 2 nitrogen and oxygen atoms in total. The zero-order valence-corrected chi connectivity index (χ0v) is 11.0. The van der Waals surface area contributed by atoms with Gasteiger partial charge in [-0.05, 0) is 30.7 Å². The van der Waals surface area contributed by atoms with Gasteiger partial charge in [0.2, 0.25) is 0 Å². The molecule has 0 radical (unpaired) electrons. The van der Waals surface area contributed by atoms with E-state index in [-0.39, 0.29) is 5.41 Å². The first kappa shape index (κ1) is 11.8. The summed E-state index contributed by atoms with van der Waals surface area (Å²) in [5, 5.41) is 3.26. The van der Waals surface area contributed by atoms with Crippen molar-refractivity contribution in [3.8, 4) is 0 Å². The molecule has 1 aromatic rings. The van der Waals surface area contributed by atoms with Crippen LogP contribution < -0.4 is 5.32 Å². The molecule has 1 saturated heterocycles. The Morgan fingerprint density at radius 1 is 1.44 bits per heavy atom. The van der Waals surface area contributed by atoms with Crippen LogP contribution in [0.15, 0.2) is 28.7 Å². The van der Waals surface area contributed by atoms with Crippen molar-refractivity contribution in [2.45, 2.75) is 19.8 Å². The summed E-state index contributed by atoms with van der Waals surface area (Å²) in [6.45, 7) is 3.85. The number of hydrogen-bond acceptors (Lipinski definition) is 2. The highest BCUT2D eigenvalue weighted by atomic mass is 79.9. The predicted molar refractivity (Wildman–Crippen MR) is 68.4 cm³/mol. The van der Waals surface area contributed by atoms with Gasteiger partial charge in [0.25, 0.3) is 0 Å². The van der Waals surface area contributed by atoms with Gasteiger partial charge < -0.3 is 5.32 Å². The summed E-state index contributed by atoms with van der Waals surface area (Å²) >= 11 is 3.39. The molecule has 0 amide bonds. The monoisotopic (exact) mass is 281 g/mol. The molecule has 3 heteroatoms. The van der Waals surface area contributed by atoms with E-state index in [9.17, 15) is 4.79 Å². The van der Waals surface area contributed by atoms with Gasteiger partial charge in [-0.25, -0.2) is 0 Å². The molecule has 1 aromatic carbocycles. The summed E-state index contributed by atoms with van der Waals surface area (Å²) in [6, 6.07) is 7.98. The van der Waals surface area contributed by atoms with Crippen molar-refractivity contribution in [3.05, 3.63) is 34.3 Å².